The molecular weight excluding hydrogens is 369 g/mol. The van der Waals surface area contributed by atoms with E-state index in [1.807, 2.05) is 35.2 Å². The number of rotatable bonds is 4. The molecule has 29 heavy (non-hydrogen) atoms. The maximum atomic E-state index is 13.1. The zero-order valence-electron chi connectivity index (χ0n) is 16.2. The van der Waals surface area contributed by atoms with Gasteiger partial charge in [0.25, 0.3) is 5.91 Å². The fraction of sp³-hybridized carbons (Fsp3) is 0.261. The molecule has 1 N–H and O–H groups in total. The van der Waals surface area contributed by atoms with E-state index in [0.717, 1.165) is 28.6 Å². The van der Waals surface area contributed by atoms with Crippen LogP contribution >= 0.6 is 0 Å². The van der Waals surface area contributed by atoms with Gasteiger partial charge < -0.3 is 10.2 Å². The summed E-state index contributed by atoms with van der Waals surface area (Å²) in [5, 5.41) is 3.51. The molecule has 1 atom stereocenters. The SMILES string of the molecule is CNC(=O)c1cc([C@@H]2CCN(C(=O)Cc3ccc(F)cc3)C2)nc2ccccc12. The zero-order valence-corrected chi connectivity index (χ0v) is 16.2. The molecule has 2 heterocycles. The van der Waals surface area contributed by atoms with Gasteiger partial charge in [0.2, 0.25) is 5.91 Å². The zero-order chi connectivity index (χ0) is 20.4. The summed E-state index contributed by atoms with van der Waals surface area (Å²) < 4.78 is 13.1. The highest BCUT2D eigenvalue weighted by atomic mass is 19.1. The predicted molar refractivity (Wildman–Crippen MR) is 109 cm³/mol. The number of amides is 2. The Morgan fingerprint density at radius 1 is 1.17 bits per heavy atom. The number of para-hydroxylation sites is 1. The molecule has 2 aromatic carbocycles. The van der Waals surface area contributed by atoms with Crippen LogP contribution in [-0.2, 0) is 11.2 Å². The number of carbonyl (C=O) groups excluding carboxylic acids is 2. The molecular formula is C23H22FN3O2. The smallest absolute Gasteiger partial charge is 0.251 e. The summed E-state index contributed by atoms with van der Waals surface area (Å²) in [6.07, 6.45) is 1.05. The number of fused-ring (bicyclic) bond motifs is 1. The minimum absolute atomic E-state index is 0.0198. The fourth-order valence-electron chi connectivity index (χ4n) is 3.84. The molecule has 0 bridgehead atoms. The molecule has 0 spiro atoms. The summed E-state index contributed by atoms with van der Waals surface area (Å²) in [6, 6.07) is 15.5. The number of pyridine rings is 1. The molecule has 4 rings (SSSR count). The fourth-order valence-corrected chi connectivity index (χ4v) is 3.84. The molecule has 6 heteroatoms. The Morgan fingerprint density at radius 2 is 1.93 bits per heavy atom. The van der Waals surface area contributed by atoms with Gasteiger partial charge in [0.05, 0.1) is 17.5 Å². The first-order valence-corrected chi connectivity index (χ1v) is 9.69. The van der Waals surface area contributed by atoms with E-state index in [1.165, 1.54) is 12.1 Å². The lowest BCUT2D eigenvalue weighted by atomic mass is 9.99. The van der Waals surface area contributed by atoms with Crippen molar-refractivity contribution in [1.29, 1.82) is 0 Å². The summed E-state index contributed by atoms with van der Waals surface area (Å²) in [5.41, 5.74) is 3.01. The van der Waals surface area contributed by atoms with Crippen LogP contribution in [0.1, 0.15) is 34.0 Å². The van der Waals surface area contributed by atoms with Gasteiger partial charge in [-0.1, -0.05) is 30.3 Å². The monoisotopic (exact) mass is 391 g/mol. The third-order valence-electron chi connectivity index (χ3n) is 5.44. The molecule has 148 valence electrons. The highest BCUT2D eigenvalue weighted by Crippen LogP contribution is 2.29. The van der Waals surface area contributed by atoms with E-state index in [9.17, 15) is 14.0 Å². The number of benzene rings is 2. The molecule has 0 unspecified atom stereocenters. The van der Waals surface area contributed by atoms with Crippen molar-refractivity contribution in [3.05, 3.63) is 77.2 Å². The summed E-state index contributed by atoms with van der Waals surface area (Å²) >= 11 is 0. The number of hydrogen-bond acceptors (Lipinski definition) is 3. The second-order valence-corrected chi connectivity index (χ2v) is 7.32. The molecule has 3 aromatic rings. The second-order valence-electron chi connectivity index (χ2n) is 7.32. The number of nitrogens with zero attached hydrogens (tertiary/aromatic N) is 2. The van der Waals surface area contributed by atoms with Crippen LogP contribution in [0.3, 0.4) is 0 Å². The van der Waals surface area contributed by atoms with E-state index in [4.69, 9.17) is 4.98 Å². The second kappa shape index (κ2) is 7.99. The molecule has 0 aliphatic carbocycles. The summed E-state index contributed by atoms with van der Waals surface area (Å²) in [7, 11) is 1.61. The first-order chi connectivity index (χ1) is 14.0. The topological polar surface area (TPSA) is 62.3 Å². The van der Waals surface area contributed by atoms with Crippen LogP contribution in [0.4, 0.5) is 4.39 Å². The van der Waals surface area contributed by atoms with Gasteiger partial charge in [-0.2, -0.15) is 0 Å². The number of halogens is 1. The van der Waals surface area contributed by atoms with Crippen molar-refractivity contribution in [2.45, 2.75) is 18.8 Å². The van der Waals surface area contributed by atoms with E-state index < -0.39 is 0 Å². The van der Waals surface area contributed by atoms with Crippen LogP contribution < -0.4 is 5.32 Å². The summed E-state index contributed by atoms with van der Waals surface area (Å²) in [5.74, 6) is -0.351. The number of nitrogens with one attached hydrogen (secondary N) is 1. The first-order valence-electron chi connectivity index (χ1n) is 9.69. The van der Waals surface area contributed by atoms with Crippen molar-refractivity contribution < 1.29 is 14.0 Å². The Labute approximate surface area is 168 Å². The maximum absolute atomic E-state index is 13.1. The average molecular weight is 391 g/mol. The normalized spacial score (nSPS) is 16.2. The molecule has 0 saturated carbocycles. The van der Waals surface area contributed by atoms with Crippen LogP contribution in [0.25, 0.3) is 10.9 Å². The van der Waals surface area contributed by atoms with Crippen LogP contribution in [0.5, 0.6) is 0 Å². The van der Waals surface area contributed by atoms with E-state index in [2.05, 4.69) is 5.32 Å². The average Bonchev–Trinajstić information content (AvgIpc) is 3.24. The van der Waals surface area contributed by atoms with E-state index in [1.54, 1.807) is 19.2 Å². The number of hydrogen-bond donors (Lipinski definition) is 1. The van der Waals surface area contributed by atoms with Gasteiger partial charge in [-0.15, -0.1) is 0 Å². The van der Waals surface area contributed by atoms with Crippen LogP contribution in [0, 0.1) is 5.82 Å². The standard InChI is InChI=1S/C23H22FN3O2/c1-25-23(29)19-13-21(26-20-5-3-2-4-18(19)20)16-10-11-27(14-16)22(28)12-15-6-8-17(24)9-7-15/h2-9,13,16H,10-12,14H2,1H3,(H,25,29)/t16-/m1/s1. The molecule has 1 aliphatic rings. The summed E-state index contributed by atoms with van der Waals surface area (Å²) in [6.45, 7) is 1.22. The minimum atomic E-state index is -0.309. The van der Waals surface area contributed by atoms with Gasteiger partial charge in [-0.3, -0.25) is 14.6 Å². The molecule has 1 aromatic heterocycles. The largest absolute Gasteiger partial charge is 0.355 e. The molecule has 1 aliphatic heterocycles. The van der Waals surface area contributed by atoms with Gasteiger partial charge in [0, 0.05) is 37.1 Å². The van der Waals surface area contributed by atoms with Crippen LogP contribution in [0.2, 0.25) is 0 Å². The third-order valence-corrected chi connectivity index (χ3v) is 5.44. The Morgan fingerprint density at radius 3 is 2.69 bits per heavy atom. The summed E-state index contributed by atoms with van der Waals surface area (Å²) in [4.78, 5) is 31.6. The van der Waals surface area contributed by atoms with Crippen molar-refractivity contribution >= 4 is 22.7 Å². The molecule has 1 saturated heterocycles. The van der Waals surface area contributed by atoms with Crippen molar-refractivity contribution in [2.24, 2.45) is 0 Å². The van der Waals surface area contributed by atoms with Crippen molar-refractivity contribution in [1.82, 2.24) is 15.2 Å². The number of carbonyl (C=O) groups is 2. The van der Waals surface area contributed by atoms with Gasteiger partial charge in [-0.25, -0.2) is 4.39 Å². The lowest BCUT2D eigenvalue weighted by Crippen LogP contribution is -2.30. The molecule has 2 amide bonds. The van der Waals surface area contributed by atoms with Gasteiger partial charge in [0.1, 0.15) is 5.82 Å². The molecule has 5 nitrogen and oxygen atoms in total. The number of aromatic nitrogens is 1. The Kier molecular flexibility index (Phi) is 5.25. The maximum Gasteiger partial charge on any atom is 0.251 e. The van der Waals surface area contributed by atoms with E-state index in [-0.39, 0.29) is 30.0 Å². The highest BCUT2D eigenvalue weighted by Gasteiger charge is 2.29. The van der Waals surface area contributed by atoms with Gasteiger partial charge in [-0.05, 0) is 36.2 Å². The minimum Gasteiger partial charge on any atom is -0.355 e. The Balaban J connectivity index is 1.54. The number of likely N-dealkylation sites (tertiary alicyclic amines) is 1. The van der Waals surface area contributed by atoms with Gasteiger partial charge >= 0.3 is 0 Å². The van der Waals surface area contributed by atoms with E-state index >= 15 is 0 Å². The lowest BCUT2D eigenvalue weighted by molar-refractivity contribution is -0.129. The Bertz CT molecular complexity index is 1070. The first kappa shape index (κ1) is 19.1. The van der Waals surface area contributed by atoms with Crippen molar-refractivity contribution in [3.8, 4) is 0 Å². The Hall–Kier alpha value is -3.28. The van der Waals surface area contributed by atoms with E-state index in [0.29, 0.717) is 18.7 Å². The van der Waals surface area contributed by atoms with Crippen molar-refractivity contribution in [3.63, 3.8) is 0 Å². The van der Waals surface area contributed by atoms with Gasteiger partial charge in [0.15, 0.2) is 0 Å². The predicted octanol–water partition coefficient (Wildman–Crippen LogP) is 3.29. The van der Waals surface area contributed by atoms with Crippen LogP contribution in [-0.4, -0.2) is 41.8 Å². The molecule has 0 radical (unpaired) electrons. The van der Waals surface area contributed by atoms with Crippen molar-refractivity contribution in [2.75, 3.05) is 20.1 Å². The van der Waals surface area contributed by atoms with Crippen LogP contribution in [0.15, 0.2) is 54.6 Å². The lowest BCUT2D eigenvalue weighted by Gasteiger charge is -2.17. The molecule has 1 fully saturated rings. The highest BCUT2D eigenvalue weighted by molar-refractivity contribution is 6.06. The quantitative estimate of drug-likeness (QED) is 0.742. The third kappa shape index (κ3) is 3.97.